The molecule has 1 aromatic carbocycles. The van der Waals surface area contributed by atoms with Gasteiger partial charge in [0.05, 0.1) is 6.07 Å². The summed E-state index contributed by atoms with van der Waals surface area (Å²) in [6.07, 6.45) is 0. The van der Waals surface area contributed by atoms with Crippen molar-refractivity contribution in [1.29, 1.82) is 5.26 Å². The van der Waals surface area contributed by atoms with Crippen molar-refractivity contribution >= 4 is 11.6 Å². The third kappa shape index (κ3) is 3.34. The van der Waals surface area contributed by atoms with Gasteiger partial charge in [-0.3, -0.25) is 9.59 Å². The SMILES string of the molecule is Cc1ccc(NC(=O)c2ccc(=O)n(CC#N)n2)cc1C. The first-order chi connectivity index (χ1) is 10.0. The van der Waals surface area contributed by atoms with E-state index in [4.69, 9.17) is 5.26 Å². The number of carbonyl (C=O) groups excluding carboxylic acids is 1. The Morgan fingerprint density at radius 1 is 1.29 bits per heavy atom. The molecule has 0 fully saturated rings. The van der Waals surface area contributed by atoms with Gasteiger partial charge in [-0.05, 0) is 43.2 Å². The van der Waals surface area contributed by atoms with E-state index in [2.05, 4.69) is 10.4 Å². The fourth-order valence-corrected chi connectivity index (χ4v) is 1.76. The number of hydrogen-bond donors (Lipinski definition) is 1. The molecule has 106 valence electrons. The summed E-state index contributed by atoms with van der Waals surface area (Å²) in [7, 11) is 0. The second kappa shape index (κ2) is 6.01. The van der Waals surface area contributed by atoms with E-state index < -0.39 is 11.5 Å². The molecule has 0 saturated heterocycles. The van der Waals surface area contributed by atoms with Crippen molar-refractivity contribution < 1.29 is 4.79 Å². The monoisotopic (exact) mass is 282 g/mol. The molecule has 0 bridgehead atoms. The Bertz CT molecular complexity index is 787. The van der Waals surface area contributed by atoms with Gasteiger partial charge in [-0.15, -0.1) is 0 Å². The van der Waals surface area contributed by atoms with Gasteiger partial charge in [0.2, 0.25) is 0 Å². The number of nitrogens with one attached hydrogen (secondary N) is 1. The number of aryl methyl sites for hydroxylation is 2. The Balaban J connectivity index is 2.24. The molecule has 1 aromatic heterocycles. The highest BCUT2D eigenvalue weighted by Crippen LogP contribution is 2.14. The zero-order valence-electron chi connectivity index (χ0n) is 11.8. The van der Waals surface area contributed by atoms with Gasteiger partial charge in [0, 0.05) is 11.8 Å². The summed E-state index contributed by atoms with van der Waals surface area (Å²) in [4.78, 5) is 23.5. The first kappa shape index (κ1) is 14.5. The quantitative estimate of drug-likeness (QED) is 0.926. The van der Waals surface area contributed by atoms with Crippen molar-refractivity contribution in [3.63, 3.8) is 0 Å². The number of anilines is 1. The molecule has 2 aromatic rings. The van der Waals surface area contributed by atoms with E-state index in [-0.39, 0.29) is 12.2 Å². The molecule has 0 aliphatic rings. The molecule has 0 saturated carbocycles. The Labute approximate surface area is 121 Å². The molecule has 6 nitrogen and oxygen atoms in total. The maximum Gasteiger partial charge on any atom is 0.276 e. The molecule has 6 heteroatoms. The smallest absolute Gasteiger partial charge is 0.276 e. The Hall–Kier alpha value is -2.94. The summed E-state index contributed by atoms with van der Waals surface area (Å²) >= 11 is 0. The Morgan fingerprint density at radius 3 is 2.71 bits per heavy atom. The average molecular weight is 282 g/mol. The molecule has 0 aliphatic heterocycles. The zero-order chi connectivity index (χ0) is 15.4. The van der Waals surface area contributed by atoms with E-state index in [1.165, 1.54) is 12.1 Å². The lowest BCUT2D eigenvalue weighted by atomic mass is 10.1. The topological polar surface area (TPSA) is 87.8 Å². The summed E-state index contributed by atoms with van der Waals surface area (Å²) in [5.41, 5.74) is 2.52. The minimum atomic E-state index is -0.426. The molecule has 0 radical (unpaired) electrons. The van der Waals surface area contributed by atoms with E-state index in [1.54, 1.807) is 6.07 Å². The number of nitrogens with zero attached hydrogens (tertiary/aromatic N) is 3. The highest BCUT2D eigenvalue weighted by atomic mass is 16.2. The Morgan fingerprint density at radius 2 is 2.05 bits per heavy atom. The van der Waals surface area contributed by atoms with Gasteiger partial charge in [0.1, 0.15) is 12.2 Å². The molecule has 0 spiro atoms. The predicted molar refractivity (Wildman–Crippen MR) is 78.0 cm³/mol. The lowest BCUT2D eigenvalue weighted by Gasteiger charge is -2.08. The summed E-state index contributed by atoms with van der Waals surface area (Å²) in [6.45, 7) is 3.75. The maximum absolute atomic E-state index is 12.1. The predicted octanol–water partition coefficient (Wildman–Crippen LogP) is 1.64. The van der Waals surface area contributed by atoms with Crippen molar-refractivity contribution in [2.75, 3.05) is 5.32 Å². The van der Waals surface area contributed by atoms with E-state index >= 15 is 0 Å². The highest BCUT2D eigenvalue weighted by molar-refractivity contribution is 6.02. The van der Waals surface area contributed by atoms with E-state index in [0.717, 1.165) is 15.8 Å². The molecule has 0 aliphatic carbocycles. The van der Waals surface area contributed by atoms with Crippen LogP contribution in [0.4, 0.5) is 5.69 Å². The molecule has 0 unspecified atom stereocenters. The zero-order valence-corrected chi connectivity index (χ0v) is 11.8. The summed E-state index contributed by atoms with van der Waals surface area (Å²) in [6, 6.07) is 9.95. The van der Waals surface area contributed by atoms with Crippen LogP contribution in [0.1, 0.15) is 21.6 Å². The molecule has 1 heterocycles. The second-order valence-corrected chi connectivity index (χ2v) is 4.63. The number of rotatable bonds is 3. The van der Waals surface area contributed by atoms with Crippen LogP contribution in [-0.4, -0.2) is 15.7 Å². The van der Waals surface area contributed by atoms with Crippen LogP contribution in [0.2, 0.25) is 0 Å². The van der Waals surface area contributed by atoms with Gasteiger partial charge in [-0.2, -0.15) is 10.4 Å². The number of carbonyl (C=O) groups is 1. The normalized spacial score (nSPS) is 9.95. The van der Waals surface area contributed by atoms with Crippen LogP contribution < -0.4 is 10.9 Å². The van der Waals surface area contributed by atoms with E-state index in [9.17, 15) is 9.59 Å². The average Bonchev–Trinajstić information content (AvgIpc) is 2.45. The fraction of sp³-hybridized carbons (Fsp3) is 0.200. The van der Waals surface area contributed by atoms with Gasteiger partial charge < -0.3 is 5.32 Å². The minimum Gasteiger partial charge on any atom is -0.321 e. The lowest BCUT2D eigenvalue weighted by Crippen LogP contribution is -2.25. The molecule has 2 rings (SSSR count). The molecule has 1 amide bonds. The maximum atomic E-state index is 12.1. The molecular weight excluding hydrogens is 268 g/mol. The first-order valence-electron chi connectivity index (χ1n) is 6.35. The van der Waals surface area contributed by atoms with Crippen molar-refractivity contribution in [1.82, 2.24) is 9.78 Å². The largest absolute Gasteiger partial charge is 0.321 e. The number of nitriles is 1. The van der Waals surface area contributed by atoms with E-state index in [1.807, 2.05) is 32.0 Å². The van der Waals surface area contributed by atoms with Crippen LogP contribution >= 0.6 is 0 Å². The van der Waals surface area contributed by atoms with Crippen LogP contribution in [0.15, 0.2) is 35.1 Å². The van der Waals surface area contributed by atoms with Gasteiger partial charge in [-0.25, -0.2) is 4.68 Å². The number of hydrogen-bond acceptors (Lipinski definition) is 4. The third-order valence-corrected chi connectivity index (χ3v) is 3.08. The van der Waals surface area contributed by atoms with Gasteiger partial charge in [0.15, 0.2) is 0 Å². The fourth-order valence-electron chi connectivity index (χ4n) is 1.76. The number of benzene rings is 1. The standard InChI is InChI=1S/C15H14N4O2/c1-10-3-4-12(9-11(10)2)17-15(21)13-5-6-14(20)19(18-13)8-7-16/h3-6,9H,8H2,1-2H3,(H,17,21). The van der Waals surface area contributed by atoms with Gasteiger partial charge >= 0.3 is 0 Å². The number of aromatic nitrogens is 2. The third-order valence-electron chi connectivity index (χ3n) is 3.08. The van der Waals surface area contributed by atoms with Crippen LogP contribution in [0.3, 0.4) is 0 Å². The van der Waals surface area contributed by atoms with Crippen LogP contribution in [0.25, 0.3) is 0 Å². The lowest BCUT2D eigenvalue weighted by molar-refractivity contribution is 0.102. The van der Waals surface area contributed by atoms with Crippen molar-refractivity contribution in [3.8, 4) is 6.07 Å². The van der Waals surface area contributed by atoms with Gasteiger partial charge in [-0.1, -0.05) is 6.07 Å². The van der Waals surface area contributed by atoms with Crippen LogP contribution in [0, 0.1) is 25.2 Å². The first-order valence-corrected chi connectivity index (χ1v) is 6.35. The number of amides is 1. The van der Waals surface area contributed by atoms with Crippen molar-refractivity contribution in [3.05, 3.63) is 57.5 Å². The summed E-state index contributed by atoms with van der Waals surface area (Å²) in [5, 5.41) is 15.2. The molecular formula is C15H14N4O2. The summed E-state index contributed by atoms with van der Waals surface area (Å²) < 4.78 is 0.954. The van der Waals surface area contributed by atoms with Crippen LogP contribution in [-0.2, 0) is 6.54 Å². The summed E-state index contributed by atoms with van der Waals surface area (Å²) in [5.74, 6) is -0.426. The Kier molecular flexibility index (Phi) is 4.14. The second-order valence-electron chi connectivity index (χ2n) is 4.63. The van der Waals surface area contributed by atoms with Crippen molar-refractivity contribution in [2.45, 2.75) is 20.4 Å². The van der Waals surface area contributed by atoms with E-state index in [0.29, 0.717) is 5.69 Å². The van der Waals surface area contributed by atoms with Gasteiger partial charge in [0.25, 0.3) is 11.5 Å². The van der Waals surface area contributed by atoms with Crippen molar-refractivity contribution in [2.24, 2.45) is 0 Å². The molecule has 0 atom stereocenters. The molecule has 21 heavy (non-hydrogen) atoms. The highest BCUT2D eigenvalue weighted by Gasteiger charge is 2.10. The van der Waals surface area contributed by atoms with Crippen LogP contribution in [0.5, 0.6) is 0 Å². The molecule has 1 N–H and O–H groups in total. The minimum absolute atomic E-state index is 0.0862.